The molecule has 0 aliphatic carbocycles. The van der Waals surface area contributed by atoms with Crippen molar-refractivity contribution in [2.75, 3.05) is 0 Å². The minimum atomic E-state index is -2.89. The Hall–Kier alpha value is -1.74. The van der Waals surface area contributed by atoms with Crippen LogP contribution in [0.15, 0.2) is 11.0 Å². The highest BCUT2D eigenvalue weighted by atomic mass is 19.3. The Morgan fingerprint density at radius 3 is 2.71 bits per heavy atom. The first-order valence-electron chi connectivity index (χ1n) is 3.74. The van der Waals surface area contributed by atoms with Crippen LogP contribution in [0.25, 0.3) is 0 Å². The average Bonchev–Trinajstić information content (AvgIpc) is 2.16. The predicted molar refractivity (Wildman–Crippen MR) is 44.6 cm³/mol. The van der Waals surface area contributed by atoms with Crippen molar-refractivity contribution in [2.24, 2.45) is 5.73 Å². The summed E-state index contributed by atoms with van der Waals surface area (Å²) < 4.78 is 24.4. The highest BCUT2D eigenvalue weighted by Gasteiger charge is 2.16. The minimum Gasteiger partial charge on any atom is -0.362 e. The second kappa shape index (κ2) is 3.98. The van der Waals surface area contributed by atoms with Crippen molar-refractivity contribution in [3.63, 3.8) is 0 Å². The molecule has 0 saturated carbocycles. The molecular weight excluding hydrogens is 192 g/mol. The maximum Gasteiger partial charge on any atom is 0.269 e. The number of nitrogens with two attached hydrogens (primary N) is 1. The van der Waals surface area contributed by atoms with Crippen LogP contribution in [0.2, 0.25) is 0 Å². The van der Waals surface area contributed by atoms with E-state index in [0.717, 1.165) is 6.20 Å². The number of aromatic nitrogens is 1. The Balaban J connectivity index is 3.45. The third kappa shape index (κ3) is 1.63. The van der Waals surface area contributed by atoms with Gasteiger partial charge in [-0.25, -0.2) is 8.78 Å². The Labute approximate surface area is 78.0 Å². The van der Waals surface area contributed by atoms with E-state index >= 15 is 0 Å². The second-order valence-electron chi connectivity index (χ2n) is 2.54. The van der Waals surface area contributed by atoms with Crippen LogP contribution in [0.4, 0.5) is 8.78 Å². The van der Waals surface area contributed by atoms with Gasteiger partial charge in [-0.1, -0.05) is 0 Å². The van der Waals surface area contributed by atoms with E-state index in [9.17, 15) is 13.6 Å². The van der Waals surface area contributed by atoms with Gasteiger partial charge in [0, 0.05) is 12.7 Å². The summed E-state index contributed by atoms with van der Waals surface area (Å²) >= 11 is 0. The largest absolute Gasteiger partial charge is 0.362 e. The Kier molecular flexibility index (Phi) is 2.94. The zero-order valence-electron chi connectivity index (χ0n) is 7.05. The van der Waals surface area contributed by atoms with Crippen molar-refractivity contribution in [2.45, 2.75) is 13.0 Å². The van der Waals surface area contributed by atoms with E-state index in [4.69, 9.17) is 11.0 Å². The molecule has 0 saturated heterocycles. The van der Waals surface area contributed by atoms with E-state index in [0.29, 0.717) is 0 Å². The maximum absolute atomic E-state index is 12.2. The Bertz CT molecular complexity index is 433. The molecule has 1 rings (SSSR count). The lowest BCUT2D eigenvalue weighted by Crippen LogP contribution is -2.18. The van der Waals surface area contributed by atoms with Gasteiger partial charge >= 0.3 is 0 Å². The van der Waals surface area contributed by atoms with Gasteiger partial charge in [-0.05, 0) is 0 Å². The average molecular weight is 199 g/mol. The van der Waals surface area contributed by atoms with E-state index in [1.807, 2.05) is 0 Å². The number of hydrogen-bond donors (Lipinski definition) is 2. The molecule has 1 heterocycles. The van der Waals surface area contributed by atoms with Gasteiger partial charge in [0.1, 0.15) is 11.6 Å². The number of nitrogens with zero attached hydrogens (tertiary/aromatic N) is 1. The number of aromatic amines is 1. The molecule has 0 bridgehead atoms. The topological polar surface area (TPSA) is 82.7 Å². The number of nitrogens with one attached hydrogen (secondary N) is 1. The standard InChI is InChI=1S/C8H7F2N3O/c9-8(10)5-3-13-6(2-12)4(1-11)7(5)14/h3,8H,2,12H2,(H,13,14). The van der Waals surface area contributed by atoms with Crippen molar-refractivity contribution in [3.05, 3.63) is 33.2 Å². The number of nitriles is 1. The van der Waals surface area contributed by atoms with Crippen LogP contribution in [-0.4, -0.2) is 4.98 Å². The summed E-state index contributed by atoms with van der Waals surface area (Å²) in [5.74, 6) is 0. The lowest BCUT2D eigenvalue weighted by atomic mass is 10.1. The van der Waals surface area contributed by atoms with Crippen molar-refractivity contribution in [1.29, 1.82) is 5.26 Å². The Morgan fingerprint density at radius 2 is 2.29 bits per heavy atom. The lowest BCUT2D eigenvalue weighted by molar-refractivity contribution is 0.149. The van der Waals surface area contributed by atoms with Gasteiger partial charge in [0.2, 0.25) is 5.43 Å². The summed E-state index contributed by atoms with van der Waals surface area (Å²) in [6, 6.07) is 1.55. The molecule has 0 aliphatic heterocycles. The first-order valence-corrected chi connectivity index (χ1v) is 3.74. The summed E-state index contributed by atoms with van der Waals surface area (Å²) in [4.78, 5) is 13.6. The van der Waals surface area contributed by atoms with Gasteiger partial charge in [0.05, 0.1) is 11.3 Å². The molecule has 0 aliphatic rings. The molecule has 0 unspecified atom stereocenters. The quantitative estimate of drug-likeness (QED) is 0.733. The Morgan fingerprint density at radius 1 is 1.64 bits per heavy atom. The van der Waals surface area contributed by atoms with E-state index < -0.39 is 17.4 Å². The molecule has 0 amide bonds. The fourth-order valence-corrected chi connectivity index (χ4v) is 1.03. The molecule has 6 heteroatoms. The minimum absolute atomic E-state index is 0.0678. The molecule has 0 aromatic carbocycles. The first kappa shape index (κ1) is 10.3. The van der Waals surface area contributed by atoms with Gasteiger partial charge in [-0.3, -0.25) is 4.79 Å². The van der Waals surface area contributed by atoms with Crippen LogP contribution in [0.5, 0.6) is 0 Å². The second-order valence-corrected chi connectivity index (χ2v) is 2.54. The summed E-state index contributed by atoms with van der Waals surface area (Å²) in [5.41, 5.74) is 3.37. The van der Waals surface area contributed by atoms with Crippen LogP contribution in [0.3, 0.4) is 0 Å². The zero-order chi connectivity index (χ0) is 10.7. The zero-order valence-corrected chi connectivity index (χ0v) is 7.05. The lowest BCUT2D eigenvalue weighted by Gasteiger charge is -2.03. The number of pyridine rings is 1. The number of alkyl halides is 2. The van der Waals surface area contributed by atoms with Crippen molar-refractivity contribution in [3.8, 4) is 6.07 Å². The molecule has 3 N–H and O–H groups in total. The van der Waals surface area contributed by atoms with Crippen molar-refractivity contribution < 1.29 is 8.78 Å². The van der Waals surface area contributed by atoms with Gasteiger partial charge < -0.3 is 10.7 Å². The van der Waals surface area contributed by atoms with E-state index in [1.165, 1.54) is 0 Å². The maximum atomic E-state index is 12.2. The molecule has 14 heavy (non-hydrogen) atoms. The van der Waals surface area contributed by atoms with Crippen LogP contribution in [-0.2, 0) is 6.54 Å². The summed E-state index contributed by atoms with van der Waals surface area (Å²) in [5, 5.41) is 8.57. The number of halogens is 2. The third-order valence-corrected chi connectivity index (χ3v) is 1.74. The van der Waals surface area contributed by atoms with E-state index in [1.54, 1.807) is 6.07 Å². The molecule has 4 nitrogen and oxygen atoms in total. The molecule has 74 valence electrons. The molecule has 0 atom stereocenters. The molecule has 0 radical (unpaired) electrons. The first-order chi connectivity index (χ1) is 6.61. The van der Waals surface area contributed by atoms with E-state index in [2.05, 4.69) is 4.98 Å². The smallest absolute Gasteiger partial charge is 0.269 e. The highest BCUT2D eigenvalue weighted by Crippen LogP contribution is 2.14. The fourth-order valence-electron chi connectivity index (χ4n) is 1.03. The number of rotatable bonds is 2. The van der Waals surface area contributed by atoms with Crippen LogP contribution >= 0.6 is 0 Å². The summed E-state index contributed by atoms with van der Waals surface area (Å²) in [7, 11) is 0. The van der Waals surface area contributed by atoms with Crippen LogP contribution in [0.1, 0.15) is 23.2 Å². The number of H-pyrrole nitrogens is 1. The van der Waals surface area contributed by atoms with Crippen LogP contribution in [0, 0.1) is 11.3 Å². The molecule has 0 spiro atoms. The van der Waals surface area contributed by atoms with Crippen molar-refractivity contribution in [1.82, 2.24) is 4.98 Å². The van der Waals surface area contributed by atoms with Gasteiger partial charge in [0.15, 0.2) is 0 Å². The summed E-state index contributed by atoms with van der Waals surface area (Å²) in [6.07, 6.45) is -2.01. The SMILES string of the molecule is N#Cc1c(CN)[nH]cc(C(F)F)c1=O. The summed E-state index contributed by atoms with van der Waals surface area (Å²) in [6.45, 7) is -0.0678. The highest BCUT2D eigenvalue weighted by molar-refractivity contribution is 5.36. The molecule has 1 aromatic rings. The van der Waals surface area contributed by atoms with Gasteiger partial charge in [-0.15, -0.1) is 0 Å². The predicted octanol–water partition coefficient (Wildman–Crippen LogP) is 0.643. The fraction of sp³-hybridized carbons (Fsp3) is 0.250. The van der Waals surface area contributed by atoms with Gasteiger partial charge in [-0.2, -0.15) is 5.26 Å². The third-order valence-electron chi connectivity index (χ3n) is 1.74. The molecule has 1 aromatic heterocycles. The van der Waals surface area contributed by atoms with Gasteiger partial charge in [0.25, 0.3) is 6.43 Å². The van der Waals surface area contributed by atoms with E-state index in [-0.39, 0.29) is 17.8 Å². The molecular formula is C8H7F2N3O. The normalized spacial score (nSPS) is 10.2. The monoisotopic (exact) mass is 199 g/mol. The molecule has 0 fully saturated rings. The number of hydrogen-bond acceptors (Lipinski definition) is 3. The van der Waals surface area contributed by atoms with Crippen LogP contribution < -0.4 is 11.2 Å². The van der Waals surface area contributed by atoms with Crippen molar-refractivity contribution >= 4 is 0 Å².